The van der Waals surface area contributed by atoms with Gasteiger partial charge in [0.2, 0.25) is 0 Å². The van der Waals surface area contributed by atoms with Crippen molar-refractivity contribution in [1.82, 2.24) is 10.2 Å². The molecule has 2 aliphatic rings. The van der Waals surface area contributed by atoms with Gasteiger partial charge in [-0.15, -0.1) is 0 Å². The number of hydrogen-bond donors (Lipinski definition) is 1. The number of likely N-dealkylation sites (tertiary alicyclic amines) is 1. The molecule has 1 aliphatic carbocycles. The van der Waals surface area contributed by atoms with Crippen LogP contribution in [-0.2, 0) is 14.3 Å². The second-order valence-corrected chi connectivity index (χ2v) is 9.62. The van der Waals surface area contributed by atoms with Crippen molar-refractivity contribution in [1.29, 1.82) is 0 Å². The lowest BCUT2D eigenvalue weighted by Crippen LogP contribution is -2.52. The highest BCUT2D eigenvalue weighted by Crippen LogP contribution is 2.48. The summed E-state index contributed by atoms with van der Waals surface area (Å²) in [6.07, 6.45) is 1.66. The molecule has 1 saturated heterocycles. The zero-order valence-corrected chi connectivity index (χ0v) is 17.3. The van der Waals surface area contributed by atoms with Gasteiger partial charge in [-0.05, 0) is 66.2 Å². The second kappa shape index (κ2) is 7.55. The average Bonchev–Trinajstić information content (AvgIpc) is 2.82. The minimum atomic E-state index is -0.584. The molecule has 2 rings (SSSR count). The van der Waals surface area contributed by atoms with Gasteiger partial charge in [-0.25, -0.2) is 14.4 Å². The zero-order valence-electron chi connectivity index (χ0n) is 17.3. The summed E-state index contributed by atoms with van der Waals surface area (Å²) in [5, 5.41) is 2.95. The predicted molar refractivity (Wildman–Crippen MR) is 101 cm³/mol. The number of carbonyl (C=O) groups is 2. The van der Waals surface area contributed by atoms with Crippen LogP contribution in [0, 0.1) is 5.41 Å². The van der Waals surface area contributed by atoms with Crippen LogP contribution in [-0.4, -0.2) is 53.4 Å². The first kappa shape index (κ1) is 21.3. The first-order chi connectivity index (χ1) is 12.3. The van der Waals surface area contributed by atoms with Gasteiger partial charge in [0.25, 0.3) is 0 Å². The molecule has 2 fully saturated rings. The van der Waals surface area contributed by atoms with Gasteiger partial charge in [0, 0.05) is 31.1 Å². The molecule has 1 N–H and O–H groups in total. The predicted octanol–water partition coefficient (Wildman–Crippen LogP) is 3.45. The lowest BCUT2D eigenvalue weighted by Gasteiger charge is -2.43. The normalized spacial score (nSPS) is 22.4. The van der Waals surface area contributed by atoms with Crippen molar-refractivity contribution in [3.05, 3.63) is 5.57 Å². The molecule has 7 heteroatoms. The van der Waals surface area contributed by atoms with Crippen molar-refractivity contribution < 1.29 is 23.9 Å². The van der Waals surface area contributed by atoms with E-state index >= 15 is 0 Å². The molecular formula is C20H32N2O5. The highest BCUT2D eigenvalue weighted by molar-refractivity contribution is 5.69. The fourth-order valence-electron chi connectivity index (χ4n) is 3.80. The number of piperidine rings is 1. The van der Waals surface area contributed by atoms with Gasteiger partial charge < -0.3 is 19.7 Å². The van der Waals surface area contributed by atoms with Crippen LogP contribution >= 0.6 is 0 Å². The molecule has 7 nitrogen and oxygen atoms in total. The molecule has 0 aromatic heterocycles. The van der Waals surface area contributed by atoms with Gasteiger partial charge in [0.05, 0.1) is 0 Å². The van der Waals surface area contributed by atoms with E-state index in [1.54, 1.807) is 4.90 Å². The second-order valence-electron chi connectivity index (χ2n) is 9.62. The van der Waals surface area contributed by atoms with Crippen LogP contribution < -0.4 is 5.32 Å². The third-order valence-electron chi connectivity index (χ3n) is 5.00. The maximum Gasteiger partial charge on any atom is 0.410 e. The van der Waals surface area contributed by atoms with Crippen molar-refractivity contribution >= 4 is 18.1 Å². The fraction of sp³-hybridized carbons (Fsp3) is 0.800. The average molecular weight is 380 g/mol. The van der Waals surface area contributed by atoms with E-state index in [1.807, 2.05) is 47.5 Å². The Morgan fingerprint density at radius 2 is 1.63 bits per heavy atom. The van der Waals surface area contributed by atoms with Crippen molar-refractivity contribution in [2.75, 3.05) is 13.1 Å². The molecule has 1 heterocycles. The van der Waals surface area contributed by atoms with Crippen molar-refractivity contribution in [3.8, 4) is 0 Å². The molecule has 0 aromatic carbocycles. The Kier molecular flexibility index (Phi) is 5.95. The molecule has 0 unspecified atom stereocenters. The van der Waals surface area contributed by atoms with E-state index in [4.69, 9.17) is 9.47 Å². The van der Waals surface area contributed by atoms with Crippen LogP contribution in [0.1, 0.15) is 67.2 Å². The van der Waals surface area contributed by atoms with Crippen molar-refractivity contribution in [3.63, 3.8) is 0 Å². The number of carbonyl (C=O) groups excluding carboxylic acids is 3. The number of amides is 2. The van der Waals surface area contributed by atoms with Crippen LogP contribution in [0.5, 0.6) is 0 Å². The summed E-state index contributed by atoms with van der Waals surface area (Å²) in [7, 11) is 0. The largest absolute Gasteiger partial charge is 0.444 e. The Morgan fingerprint density at radius 1 is 1.07 bits per heavy atom. The summed E-state index contributed by atoms with van der Waals surface area (Å²) in [4.78, 5) is 37.5. The van der Waals surface area contributed by atoms with E-state index in [0.717, 1.165) is 0 Å². The Morgan fingerprint density at radius 3 is 2.11 bits per heavy atom. The molecule has 0 bridgehead atoms. The molecule has 1 aliphatic heterocycles. The molecule has 1 spiro atoms. The Hall–Kier alpha value is -2.01. The summed E-state index contributed by atoms with van der Waals surface area (Å²) in [6, 6.07) is -0.190. The maximum atomic E-state index is 12.3. The van der Waals surface area contributed by atoms with Crippen LogP contribution in [0.2, 0.25) is 0 Å². The molecule has 27 heavy (non-hydrogen) atoms. The third kappa shape index (κ3) is 5.73. The third-order valence-corrected chi connectivity index (χ3v) is 5.00. The quantitative estimate of drug-likeness (QED) is 0.704. The molecule has 152 valence electrons. The number of nitrogens with zero attached hydrogens (tertiary/aromatic N) is 1. The summed E-state index contributed by atoms with van der Waals surface area (Å²) in [6.45, 7) is 12.0. The smallest absolute Gasteiger partial charge is 0.410 e. The number of alkyl carbamates (subject to hydrolysis) is 1. The molecule has 1 atom stereocenters. The molecule has 0 radical (unpaired) electrons. The van der Waals surface area contributed by atoms with Crippen LogP contribution in [0.15, 0.2) is 5.57 Å². The van der Waals surface area contributed by atoms with Gasteiger partial charge in [-0.3, -0.25) is 0 Å². The monoisotopic (exact) mass is 380 g/mol. The molecular weight excluding hydrogens is 348 g/mol. The Labute approximate surface area is 161 Å². The maximum absolute atomic E-state index is 12.3. The van der Waals surface area contributed by atoms with Gasteiger partial charge >= 0.3 is 12.2 Å². The van der Waals surface area contributed by atoms with Crippen molar-refractivity contribution in [2.24, 2.45) is 5.41 Å². The highest BCUT2D eigenvalue weighted by Gasteiger charge is 2.49. The van der Waals surface area contributed by atoms with Crippen LogP contribution in [0.4, 0.5) is 9.59 Å². The van der Waals surface area contributed by atoms with E-state index in [-0.39, 0.29) is 17.6 Å². The number of hydrogen-bond acceptors (Lipinski definition) is 5. The topological polar surface area (TPSA) is 84.9 Å². The number of nitrogens with one attached hydrogen (secondary N) is 1. The summed E-state index contributed by atoms with van der Waals surface area (Å²) < 4.78 is 10.8. The zero-order chi connectivity index (χ0) is 20.5. The summed E-state index contributed by atoms with van der Waals surface area (Å²) in [5.74, 6) is 2.02. The SMILES string of the molecule is CC(C)(C)OC(=O)N[C@@H]1CC(=C=O)CC12CCN(C(=O)OC(C)(C)C)CC2. The Balaban J connectivity index is 2.05. The van der Waals surface area contributed by atoms with E-state index in [2.05, 4.69) is 5.32 Å². The van der Waals surface area contributed by atoms with Crippen molar-refractivity contribution in [2.45, 2.75) is 84.5 Å². The molecule has 0 aromatic rings. The minimum absolute atomic E-state index is 0.190. The first-order valence-corrected chi connectivity index (χ1v) is 9.54. The number of rotatable bonds is 1. The highest BCUT2D eigenvalue weighted by atomic mass is 16.6. The van der Waals surface area contributed by atoms with Gasteiger partial charge in [0.15, 0.2) is 0 Å². The van der Waals surface area contributed by atoms with Gasteiger partial charge in [-0.2, -0.15) is 0 Å². The minimum Gasteiger partial charge on any atom is -0.444 e. The van der Waals surface area contributed by atoms with Gasteiger partial charge in [0.1, 0.15) is 17.1 Å². The lowest BCUT2D eigenvalue weighted by atomic mass is 9.74. The molecule has 1 saturated carbocycles. The standard InChI is InChI=1S/C20H32N2O5/c1-18(2,3)26-16(24)21-15-11-14(13-23)12-20(15)7-9-22(10-8-20)17(25)27-19(4,5)6/h15H,7-12H2,1-6H3,(H,21,24)/t15-/m1/s1. The van der Waals surface area contributed by atoms with E-state index in [1.165, 1.54) is 0 Å². The van der Waals surface area contributed by atoms with Crippen LogP contribution in [0.25, 0.3) is 0 Å². The summed E-state index contributed by atoms with van der Waals surface area (Å²) in [5.41, 5.74) is -0.684. The Bertz CT molecular complexity index is 630. The van der Waals surface area contributed by atoms with Gasteiger partial charge in [-0.1, -0.05) is 0 Å². The van der Waals surface area contributed by atoms with E-state index in [0.29, 0.717) is 44.3 Å². The summed E-state index contributed by atoms with van der Waals surface area (Å²) >= 11 is 0. The fourth-order valence-corrected chi connectivity index (χ4v) is 3.80. The number of ether oxygens (including phenoxy) is 2. The van der Waals surface area contributed by atoms with E-state index in [9.17, 15) is 14.4 Å². The van der Waals surface area contributed by atoms with Crippen LogP contribution in [0.3, 0.4) is 0 Å². The first-order valence-electron chi connectivity index (χ1n) is 9.54. The van der Waals surface area contributed by atoms with E-state index < -0.39 is 17.3 Å². The lowest BCUT2D eigenvalue weighted by molar-refractivity contribution is 0.00516. The molecule has 2 amide bonds.